The number of para-hydroxylation sites is 1. The van der Waals surface area contributed by atoms with Crippen LogP contribution in [0.5, 0.6) is 5.75 Å². The van der Waals surface area contributed by atoms with Crippen LogP contribution in [0.1, 0.15) is 11.1 Å². The maximum atomic E-state index is 12.9. The summed E-state index contributed by atoms with van der Waals surface area (Å²) in [6.07, 6.45) is 1.61. The summed E-state index contributed by atoms with van der Waals surface area (Å²) in [4.78, 5) is 35.7. The monoisotopic (exact) mass is 466 g/mol. The molecule has 0 aromatic heterocycles. The van der Waals surface area contributed by atoms with Crippen LogP contribution < -0.4 is 10.1 Å². The number of carbonyl (C=O) groups is 2. The zero-order valence-corrected chi connectivity index (χ0v) is 18.2. The number of esters is 1. The Morgan fingerprint density at radius 2 is 1.76 bits per heavy atom. The highest BCUT2D eigenvalue weighted by Crippen LogP contribution is 2.28. The molecule has 0 bridgehead atoms. The van der Waals surface area contributed by atoms with E-state index in [4.69, 9.17) is 21.1 Å². The maximum Gasteiger partial charge on any atom is 0.339 e. The van der Waals surface area contributed by atoms with Crippen LogP contribution in [0.15, 0.2) is 72.8 Å². The smallest absolute Gasteiger partial charge is 0.339 e. The van der Waals surface area contributed by atoms with Crippen molar-refractivity contribution in [1.29, 1.82) is 0 Å². The first-order chi connectivity index (χ1) is 15.9. The van der Waals surface area contributed by atoms with Crippen molar-refractivity contribution in [2.45, 2.75) is 0 Å². The van der Waals surface area contributed by atoms with E-state index in [9.17, 15) is 19.7 Å². The van der Waals surface area contributed by atoms with Gasteiger partial charge in [-0.25, -0.2) is 4.79 Å². The van der Waals surface area contributed by atoms with Crippen molar-refractivity contribution in [1.82, 2.24) is 0 Å². The Morgan fingerprint density at radius 3 is 2.45 bits per heavy atom. The summed E-state index contributed by atoms with van der Waals surface area (Å²) in [5.74, 6) is -0.939. The van der Waals surface area contributed by atoms with Gasteiger partial charge in [0.25, 0.3) is 11.6 Å². The molecular formula is C24H19ClN2O6. The predicted octanol–water partition coefficient (Wildman–Crippen LogP) is 4.98. The Kier molecular flexibility index (Phi) is 7.77. The summed E-state index contributed by atoms with van der Waals surface area (Å²) >= 11 is 5.87. The van der Waals surface area contributed by atoms with Crippen LogP contribution >= 0.6 is 11.6 Å². The number of ether oxygens (including phenoxy) is 2. The summed E-state index contributed by atoms with van der Waals surface area (Å²) in [6.45, 7) is -0.654. The first-order valence-electron chi connectivity index (χ1n) is 9.70. The molecule has 3 aromatic rings. The third kappa shape index (κ3) is 6.18. The van der Waals surface area contributed by atoms with E-state index in [1.165, 1.54) is 25.3 Å². The number of hydrogen-bond acceptors (Lipinski definition) is 6. The molecule has 0 heterocycles. The van der Waals surface area contributed by atoms with Gasteiger partial charge in [-0.05, 0) is 29.8 Å². The highest BCUT2D eigenvalue weighted by atomic mass is 35.5. The van der Waals surface area contributed by atoms with Gasteiger partial charge in [-0.3, -0.25) is 14.9 Å². The number of nitrogens with zero attached hydrogens (tertiary/aromatic N) is 1. The molecule has 0 radical (unpaired) electrons. The molecule has 9 heteroatoms. The summed E-state index contributed by atoms with van der Waals surface area (Å²) in [7, 11) is 1.52. The molecule has 0 atom stereocenters. The second-order valence-electron chi connectivity index (χ2n) is 6.71. The number of amides is 1. The lowest BCUT2D eigenvalue weighted by atomic mass is 10.0. The Hall–Kier alpha value is -4.17. The molecule has 1 amide bonds. The van der Waals surface area contributed by atoms with Crippen molar-refractivity contribution in [3.8, 4) is 5.75 Å². The topological polar surface area (TPSA) is 108 Å². The minimum absolute atomic E-state index is 0.0959. The lowest BCUT2D eigenvalue weighted by Crippen LogP contribution is -2.21. The third-order valence-electron chi connectivity index (χ3n) is 4.51. The number of nitro groups is 1. The number of benzene rings is 3. The van der Waals surface area contributed by atoms with Crippen molar-refractivity contribution in [2.24, 2.45) is 0 Å². The molecule has 1 N–H and O–H groups in total. The molecule has 3 rings (SSSR count). The van der Waals surface area contributed by atoms with Crippen LogP contribution in [-0.4, -0.2) is 30.5 Å². The van der Waals surface area contributed by atoms with Crippen LogP contribution in [-0.2, 0) is 14.3 Å². The van der Waals surface area contributed by atoms with Crippen molar-refractivity contribution in [3.63, 3.8) is 0 Å². The number of anilines is 1. The molecule has 8 nitrogen and oxygen atoms in total. The molecule has 0 spiro atoms. The number of nitro benzene ring substituents is 1. The number of rotatable bonds is 8. The highest BCUT2D eigenvalue weighted by Gasteiger charge is 2.19. The number of nitrogens with one attached hydrogen (secondary N) is 1. The average molecular weight is 467 g/mol. The van der Waals surface area contributed by atoms with Crippen LogP contribution in [0.25, 0.3) is 11.6 Å². The van der Waals surface area contributed by atoms with Gasteiger partial charge in [-0.15, -0.1) is 0 Å². The summed E-state index contributed by atoms with van der Waals surface area (Å²) in [6, 6.07) is 19.7. The maximum absolute atomic E-state index is 12.9. The van der Waals surface area contributed by atoms with E-state index in [0.717, 1.165) is 0 Å². The van der Waals surface area contributed by atoms with Crippen molar-refractivity contribution in [2.75, 3.05) is 19.0 Å². The van der Waals surface area contributed by atoms with Gasteiger partial charge in [0.2, 0.25) is 0 Å². The third-order valence-corrected chi connectivity index (χ3v) is 4.74. The second kappa shape index (κ2) is 10.9. The van der Waals surface area contributed by atoms with Gasteiger partial charge in [0.05, 0.1) is 17.6 Å². The van der Waals surface area contributed by atoms with Crippen LogP contribution in [0.2, 0.25) is 5.02 Å². The van der Waals surface area contributed by atoms with Crippen LogP contribution in [0, 0.1) is 10.1 Å². The van der Waals surface area contributed by atoms with Crippen LogP contribution in [0.3, 0.4) is 0 Å². The van der Waals surface area contributed by atoms with Crippen molar-refractivity contribution >= 4 is 46.5 Å². The molecule has 3 aromatic carbocycles. The van der Waals surface area contributed by atoms with Gasteiger partial charge in [0.15, 0.2) is 6.61 Å². The van der Waals surface area contributed by atoms with E-state index >= 15 is 0 Å². The van der Waals surface area contributed by atoms with E-state index in [1.807, 2.05) is 0 Å². The molecule has 0 unspecified atom stereocenters. The van der Waals surface area contributed by atoms with Gasteiger partial charge >= 0.3 is 5.97 Å². The molecule has 0 aliphatic rings. The standard InChI is InChI=1S/C24H19ClN2O6/c1-32-22-10-6-5-9-17(22)13-19(16-7-3-2-4-8-16)24(29)33-15-23(28)26-20-14-18(25)11-12-21(20)27(30)31/h2-14H,15H2,1H3,(H,26,28)/b19-13+. The summed E-state index contributed by atoms with van der Waals surface area (Å²) in [5, 5.41) is 13.7. The van der Waals surface area contributed by atoms with E-state index in [1.54, 1.807) is 60.7 Å². The molecule has 33 heavy (non-hydrogen) atoms. The van der Waals surface area contributed by atoms with Crippen LogP contribution in [0.4, 0.5) is 11.4 Å². The first kappa shape index (κ1) is 23.5. The minimum atomic E-state index is -0.751. The average Bonchev–Trinajstić information content (AvgIpc) is 2.81. The van der Waals surface area contributed by atoms with Gasteiger partial charge in [-0.1, -0.05) is 60.1 Å². The molecule has 0 fully saturated rings. The lowest BCUT2D eigenvalue weighted by molar-refractivity contribution is -0.383. The Bertz CT molecular complexity index is 1210. The number of hydrogen-bond donors (Lipinski definition) is 1. The number of carbonyl (C=O) groups excluding carboxylic acids is 2. The van der Waals surface area contributed by atoms with Crippen molar-refractivity contribution < 1.29 is 24.0 Å². The summed E-state index contributed by atoms with van der Waals surface area (Å²) < 4.78 is 10.5. The summed E-state index contributed by atoms with van der Waals surface area (Å²) in [5.41, 5.74) is 1.01. The fraction of sp³-hybridized carbons (Fsp3) is 0.0833. The highest BCUT2D eigenvalue weighted by molar-refractivity contribution is 6.31. The van der Waals surface area contributed by atoms with Gasteiger partial charge < -0.3 is 14.8 Å². The van der Waals surface area contributed by atoms with E-state index in [2.05, 4.69) is 5.32 Å². The fourth-order valence-corrected chi connectivity index (χ4v) is 3.15. The van der Waals surface area contributed by atoms with Crippen molar-refractivity contribution in [3.05, 3.63) is 99.1 Å². The number of methoxy groups -OCH3 is 1. The lowest BCUT2D eigenvalue weighted by Gasteiger charge is -2.11. The van der Waals surface area contributed by atoms with Gasteiger partial charge in [-0.2, -0.15) is 0 Å². The Balaban J connectivity index is 1.80. The number of halogens is 1. The zero-order valence-electron chi connectivity index (χ0n) is 17.5. The minimum Gasteiger partial charge on any atom is -0.496 e. The molecule has 0 saturated heterocycles. The molecule has 0 aliphatic heterocycles. The first-order valence-corrected chi connectivity index (χ1v) is 10.1. The van der Waals surface area contributed by atoms with Gasteiger partial charge in [0, 0.05) is 16.7 Å². The molecule has 0 aliphatic carbocycles. The molecular weight excluding hydrogens is 448 g/mol. The Morgan fingerprint density at radius 1 is 1.06 bits per heavy atom. The van der Waals surface area contributed by atoms with E-state index in [-0.39, 0.29) is 22.0 Å². The zero-order chi connectivity index (χ0) is 23.8. The predicted molar refractivity (Wildman–Crippen MR) is 125 cm³/mol. The van der Waals surface area contributed by atoms with E-state index in [0.29, 0.717) is 16.9 Å². The van der Waals surface area contributed by atoms with E-state index < -0.39 is 23.4 Å². The quantitative estimate of drug-likeness (QED) is 0.165. The molecule has 0 saturated carbocycles. The Labute approximate surface area is 194 Å². The van der Waals surface area contributed by atoms with Gasteiger partial charge in [0.1, 0.15) is 11.4 Å². The fourth-order valence-electron chi connectivity index (χ4n) is 2.98. The second-order valence-corrected chi connectivity index (χ2v) is 7.15. The SMILES string of the molecule is COc1ccccc1/C=C(/C(=O)OCC(=O)Nc1cc(Cl)ccc1[N+](=O)[O-])c1ccccc1. The largest absolute Gasteiger partial charge is 0.496 e. The molecule has 168 valence electrons. The normalized spacial score (nSPS) is 10.9.